The van der Waals surface area contributed by atoms with Crippen molar-refractivity contribution in [3.05, 3.63) is 47.5 Å². The molecule has 0 radical (unpaired) electrons. The summed E-state index contributed by atoms with van der Waals surface area (Å²) in [5.74, 6) is -0.0425. The van der Waals surface area contributed by atoms with Crippen molar-refractivity contribution < 1.29 is 9.13 Å². The summed E-state index contributed by atoms with van der Waals surface area (Å²) in [5.41, 5.74) is 2.12. The van der Waals surface area contributed by atoms with Gasteiger partial charge in [0, 0.05) is 25.0 Å². The average Bonchev–Trinajstić information content (AvgIpc) is 2.89. The molecule has 5 heteroatoms. The van der Waals surface area contributed by atoms with Gasteiger partial charge in [-0.2, -0.15) is 5.10 Å². The number of halogens is 1. The molecule has 4 nitrogen and oxygen atoms in total. The van der Waals surface area contributed by atoms with E-state index in [0.717, 1.165) is 24.9 Å². The van der Waals surface area contributed by atoms with Crippen molar-refractivity contribution in [3.8, 4) is 5.75 Å². The SMILES string of the molecule is CCNC(CCc1ccnn1C)c1ccc(OC)c(F)c1. The molecule has 0 aliphatic carbocycles. The summed E-state index contributed by atoms with van der Waals surface area (Å²) in [6.45, 7) is 2.89. The molecule has 1 aromatic carbocycles. The minimum atomic E-state index is -0.321. The molecule has 1 unspecified atom stereocenters. The Kier molecular flexibility index (Phi) is 5.33. The molecule has 0 bridgehead atoms. The molecule has 0 amide bonds. The van der Waals surface area contributed by atoms with E-state index in [4.69, 9.17) is 4.74 Å². The molecule has 2 rings (SSSR count). The van der Waals surface area contributed by atoms with Crippen molar-refractivity contribution in [2.75, 3.05) is 13.7 Å². The van der Waals surface area contributed by atoms with E-state index in [2.05, 4.69) is 17.3 Å². The number of aromatic nitrogens is 2. The van der Waals surface area contributed by atoms with Crippen molar-refractivity contribution in [1.82, 2.24) is 15.1 Å². The predicted octanol–water partition coefficient (Wildman–Crippen LogP) is 2.85. The van der Waals surface area contributed by atoms with Gasteiger partial charge in [-0.3, -0.25) is 4.68 Å². The van der Waals surface area contributed by atoms with Crippen LogP contribution < -0.4 is 10.1 Å². The monoisotopic (exact) mass is 291 g/mol. The van der Waals surface area contributed by atoms with Gasteiger partial charge in [-0.1, -0.05) is 13.0 Å². The number of aryl methyl sites for hydroxylation is 2. The average molecular weight is 291 g/mol. The highest BCUT2D eigenvalue weighted by atomic mass is 19.1. The molecule has 0 aliphatic rings. The number of rotatable bonds is 7. The van der Waals surface area contributed by atoms with Gasteiger partial charge in [-0.05, 0) is 43.1 Å². The van der Waals surface area contributed by atoms with Crippen LogP contribution in [-0.4, -0.2) is 23.4 Å². The van der Waals surface area contributed by atoms with Gasteiger partial charge in [0.05, 0.1) is 7.11 Å². The van der Waals surface area contributed by atoms with Gasteiger partial charge in [-0.25, -0.2) is 4.39 Å². The quantitative estimate of drug-likeness (QED) is 0.852. The molecule has 1 aromatic heterocycles. The zero-order valence-corrected chi connectivity index (χ0v) is 12.8. The lowest BCUT2D eigenvalue weighted by atomic mass is 10.0. The topological polar surface area (TPSA) is 39.1 Å². The molecule has 0 fully saturated rings. The zero-order chi connectivity index (χ0) is 15.2. The third-order valence-electron chi connectivity index (χ3n) is 3.64. The second-order valence-electron chi connectivity index (χ2n) is 4.99. The maximum absolute atomic E-state index is 13.9. The second kappa shape index (κ2) is 7.22. The van der Waals surface area contributed by atoms with E-state index in [1.807, 2.05) is 23.9 Å². The zero-order valence-electron chi connectivity index (χ0n) is 12.8. The molecule has 1 atom stereocenters. The highest BCUT2D eigenvalue weighted by Gasteiger charge is 2.14. The number of nitrogens with zero attached hydrogens (tertiary/aromatic N) is 2. The Morgan fingerprint density at radius 3 is 2.76 bits per heavy atom. The highest BCUT2D eigenvalue weighted by molar-refractivity contribution is 5.31. The fraction of sp³-hybridized carbons (Fsp3) is 0.438. The fourth-order valence-corrected chi connectivity index (χ4v) is 2.47. The van der Waals surface area contributed by atoms with Crippen LogP contribution in [0, 0.1) is 5.82 Å². The lowest BCUT2D eigenvalue weighted by Crippen LogP contribution is -2.22. The first-order valence-corrected chi connectivity index (χ1v) is 7.19. The van der Waals surface area contributed by atoms with E-state index in [9.17, 15) is 4.39 Å². The molecule has 1 N–H and O–H groups in total. The lowest BCUT2D eigenvalue weighted by Gasteiger charge is -2.19. The highest BCUT2D eigenvalue weighted by Crippen LogP contribution is 2.24. The molecule has 21 heavy (non-hydrogen) atoms. The number of hydrogen-bond acceptors (Lipinski definition) is 3. The first-order chi connectivity index (χ1) is 10.2. The Hall–Kier alpha value is -1.88. The Balaban J connectivity index is 2.11. The molecule has 114 valence electrons. The third-order valence-corrected chi connectivity index (χ3v) is 3.64. The Labute approximate surface area is 124 Å². The van der Waals surface area contributed by atoms with Crippen LogP contribution >= 0.6 is 0 Å². The molecule has 0 saturated carbocycles. The minimum Gasteiger partial charge on any atom is -0.494 e. The summed E-state index contributed by atoms with van der Waals surface area (Å²) >= 11 is 0. The third kappa shape index (κ3) is 3.82. The van der Waals surface area contributed by atoms with Gasteiger partial charge in [0.15, 0.2) is 11.6 Å². The summed E-state index contributed by atoms with van der Waals surface area (Å²) in [7, 11) is 3.41. The van der Waals surface area contributed by atoms with E-state index in [-0.39, 0.29) is 17.6 Å². The maximum atomic E-state index is 13.9. The Bertz CT molecular complexity index is 583. The van der Waals surface area contributed by atoms with Gasteiger partial charge >= 0.3 is 0 Å². The van der Waals surface area contributed by atoms with Crippen LogP contribution in [0.2, 0.25) is 0 Å². The van der Waals surface area contributed by atoms with Crippen LogP contribution in [0.4, 0.5) is 4.39 Å². The van der Waals surface area contributed by atoms with Crippen LogP contribution in [-0.2, 0) is 13.5 Å². The Morgan fingerprint density at radius 2 is 2.19 bits per heavy atom. The smallest absolute Gasteiger partial charge is 0.165 e. The van der Waals surface area contributed by atoms with Crippen LogP contribution in [0.25, 0.3) is 0 Å². The summed E-state index contributed by atoms with van der Waals surface area (Å²) in [4.78, 5) is 0. The number of hydrogen-bond donors (Lipinski definition) is 1. The molecular weight excluding hydrogens is 269 g/mol. The molecule has 0 spiro atoms. The van der Waals surface area contributed by atoms with Gasteiger partial charge in [0.1, 0.15) is 0 Å². The fourth-order valence-electron chi connectivity index (χ4n) is 2.47. The predicted molar refractivity (Wildman–Crippen MR) is 80.9 cm³/mol. The van der Waals surface area contributed by atoms with E-state index < -0.39 is 0 Å². The molecule has 1 heterocycles. The van der Waals surface area contributed by atoms with Gasteiger partial charge < -0.3 is 10.1 Å². The molecule has 0 saturated heterocycles. The van der Waals surface area contributed by atoms with Crippen molar-refractivity contribution in [2.45, 2.75) is 25.8 Å². The Morgan fingerprint density at radius 1 is 1.38 bits per heavy atom. The van der Waals surface area contributed by atoms with Crippen LogP contribution in [0.5, 0.6) is 5.75 Å². The van der Waals surface area contributed by atoms with Crippen molar-refractivity contribution in [1.29, 1.82) is 0 Å². The normalized spacial score (nSPS) is 12.4. The van der Waals surface area contributed by atoms with Crippen LogP contribution in [0.15, 0.2) is 30.5 Å². The first kappa shape index (κ1) is 15.5. The first-order valence-electron chi connectivity index (χ1n) is 7.19. The maximum Gasteiger partial charge on any atom is 0.165 e. The largest absolute Gasteiger partial charge is 0.494 e. The summed E-state index contributed by atoms with van der Waals surface area (Å²) in [6, 6.07) is 7.27. The van der Waals surface area contributed by atoms with E-state index in [0.29, 0.717) is 0 Å². The number of methoxy groups -OCH3 is 1. The van der Waals surface area contributed by atoms with Crippen LogP contribution in [0.3, 0.4) is 0 Å². The van der Waals surface area contributed by atoms with E-state index in [1.54, 1.807) is 18.3 Å². The van der Waals surface area contributed by atoms with Crippen molar-refractivity contribution in [2.24, 2.45) is 7.05 Å². The second-order valence-corrected chi connectivity index (χ2v) is 4.99. The van der Waals surface area contributed by atoms with E-state index in [1.165, 1.54) is 12.8 Å². The molecule has 2 aromatic rings. The molecular formula is C16H22FN3O. The van der Waals surface area contributed by atoms with Crippen LogP contribution in [0.1, 0.15) is 30.6 Å². The number of benzene rings is 1. The lowest BCUT2D eigenvalue weighted by molar-refractivity contribution is 0.385. The van der Waals surface area contributed by atoms with Gasteiger partial charge in [-0.15, -0.1) is 0 Å². The van der Waals surface area contributed by atoms with Gasteiger partial charge in [0.25, 0.3) is 0 Å². The summed E-state index contributed by atoms with van der Waals surface area (Å²) in [6.07, 6.45) is 3.57. The number of nitrogens with one attached hydrogen (secondary N) is 1. The number of ether oxygens (including phenoxy) is 1. The standard InChI is InChI=1S/C16H22FN3O/c1-4-18-15(7-6-13-9-10-19-20(13)2)12-5-8-16(21-3)14(17)11-12/h5,8-11,15,18H,4,6-7H2,1-3H3. The van der Waals surface area contributed by atoms with Gasteiger partial charge in [0.2, 0.25) is 0 Å². The molecule has 0 aliphatic heterocycles. The minimum absolute atomic E-state index is 0.116. The van der Waals surface area contributed by atoms with Crippen molar-refractivity contribution >= 4 is 0 Å². The van der Waals surface area contributed by atoms with E-state index >= 15 is 0 Å². The summed E-state index contributed by atoms with van der Waals surface area (Å²) in [5, 5.41) is 7.58. The summed E-state index contributed by atoms with van der Waals surface area (Å²) < 4.78 is 20.7. The van der Waals surface area contributed by atoms with Crippen molar-refractivity contribution in [3.63, 3.8) is 0 Å².